The molecule has 1 aliphatic rings. The number of aromatic nitrogens is 1. The molecule has 0 bridgehead atoms. The summed E-state index contributed by atoms with van der Waals surface area (Å²) in [4.78, 5) is 4.19. The average molecular weight is 303 g/mol. The third-order valence-corrected chi connectivity index (χ3v) is 4.45. The van der Waals surface area contributed by atoms with E-state index < -0.39 is 5.92 Å². The van der Waals surface area contributed by atoms with E-state index in [0.717, 1.165) is 23.4 Å². The second-order valence-electron chi connectivity index (χ2n) is 5.98. The number of halogens is 2. The lowest BCUT2D eigenvalue weighted by molar-refractivity contribution is -0.128. The average Bonchev–Trinajstić information content (AvgIpc) is 2.52. The summed E-state index contributed by atoms with van der Waals surface area (Å²) in [5, 5.41) is 0. The van der Waals surface area contributed by atoms with Crippen molar-refractivity contribution in [2.45, 2.75) is 44.1 Å². The van der Waals surface area contributed by atoms with E-state index >= 15 is 0 Å². The second-order valence-corrected chi connectivity index (χ2v) is 5.98. The van der Waals surface area contributed by atoms with E-state index in [-0.39, 0.29) is 18.3 Å². The third-order valence-electron chi connectivity index (χ3n) is 4.45. The Morgan fingerprint density at radius 1 is 1.09 bits per heavy atom. The van der Waals surface area contributed by atoms with E-state index in [1.54, 1.807) is 6.20 Å². The highest BCUT2D eigenvalue weighted by Crippen LogP contribution is 2.55. The van der Waals surface area contributed by atoms with Gasteiger partial charge in [-0.1, -0.05) is 25.1 Å². The number of rotatable bonds is 5. The van der Waals surface area contributed by atoms with Crippen LogP contribution in [0.15, 0.2) is 48.7 Å². The monoisotopic (exact) mass is 303 g/mol. The molecule has 0 unspecified atom stereocenters. The number of pyridine rings is 1. The highest BCUT2D eigenvalue weighted by molar-refractivity contribution is 5.35. The van der Waals surface area contributed by atoms with Crippen LogP contribution in [-0.4, -0.2) is 10.9 Å². The predicted octanol–water partition coefficient (Wildman–Crippen LogP) is 4.74. The minimum absolute atomic E-state index is 0.0510. The maximum atomic E-state index is 13.3. The smallest absolute Gasteiger partial charge is 0.249 e. The van der Waals surface area contributed by atoms with Crippen LogP contribution in [0.4, 0.5) is 8.78 Å². The zero-order valence-corrected chi connectivity index (χ0v) is 12.6. The van der Waals surface area contributed by atoms with Crippen molar-refractivity contribution in [3.8, 4) is 5.75 Å². The summed E-state index contributed by atoms with van der Waals surface area (Å²) in [6, 6.07) is 13.2. The van der Waals surface area contributed by atoms with Gasteiger partial charge in [-0.15, -0.1) is 0 Å². The zero-order chi connectivity index (χ0) is 15.6. The summed E-state index contributed by atoms with van der Waals surface area (Å²) in [6.07, 6.45) is 2.36. The van der Waals surface area contributed by atoms with E-state index in [1.165, 1.54) is 0 Å². The van der Waals surface area contributed by atoms with E-state index in [1.807, 2.05) is 49.4 Å². The Kier molecular flexibility index (Phi) is 3.85. The van der Waals surface area contributed by atoms with Gasteiger partial charge < -0.3 is 4.74 Å². The van der Waals surface area contributed by atoms with Crippen molar-refractivity contribution in [2.75, 3.05) is 0 Å². The van der Waals surface area contributed by atoms with Gasteiger partial charge in [0.25, 0.3) is 0 Å². The van der Waals surface area contributed by atoms with Gasteiger partial charge in [-0.3, -0.25) is 4.98 Å². The SMILES string of the molecule is CCC1(c2ccc(OCc3ccccn3)cc2)CC(F)(F)C1. The molecule has 2 nitrogen and oxygen atoms in total. The van der Waals surface area contributed by atoms with Crippen molar-refractivity contribution in [1.29, 1.82) is 0 Å². The highest BCUT2D eigenvalue weighted by atomic mass is 19.3. The molecule has 0 aliphatic heterocycles. The number of alkyl halides is 2. The molecule has 1 fully saturated rings. The van der Waals surface area contributed by atoms with Crippen LogP contribution in [0.5, 0.6) is 5.75 Å². The number of benzene rings is 1. The molecule has 1 aromatic carbocycles. The molecule has 22 heavy (non-hydrogen) atoms. The van der Waals surface area contributed by atoms with Crippen molar-refractivity contribution in [3.63, 3.8) is 0 Å². The topological polar surface area (TPSA) is 22.1 Å². The summed E-state index contributed by atoms with van der Waals surface area (Å²) in [6.45, 7) is 2.37. The van der Waals surface area contributed by atoms with Gasteiger partial charge in [-0.25, -0.2) is 8.78 Å². The number of hydrogen-bond donors (Lipinski definition) is 0. The van der Waals surface area contributed by atoms with E-state index in [4.69, 9.17) is 4.74 Å². The minimum atomic E-state index is -2.51. The molecule has 1 heterocycles. The number of nitrogens with zero attached hydrogens (tertiary/aromatic N) is 1. The van der Waals surface area contributed by atoms with Gasteiger partial charge in [0, 0.05) is 24.5 Å². The predicted molar refractivity (Wildman–Crippen MR) is 81.2 cm³/mol. The van der Waals surface area contributed by atoms with Crippen LogP contribution in [0.1, 0.15) is 37.4 Å². The molecule has 0 amide bonds. The van der Waals surface area contributed by atoms with Gasteiger partial charge in [-0.2, -0.15) is 0 Å². The molecule has 1 saturated carbocycles. The van der Waals surface area contributed by atoms with Gasteiger partial charge >= 0.3 is 0 Å². The van der Waals surface area contributed by atoms with Crippen molar-refractivity contribution in [1.82, 2.24) is 4.98 Å². The molecule has 1 aliphatic carbocycles. The van der Waals surface area contributed by atoms with E-state index in [9.17, 15) is 8.78 Å². The Balaban J connectivity index is 1.65. The van der Waals surface area contributed by atoms with Crippen LogP contribution >= 0.6 is 0 Å². The molecule has 0 saturated heterocycles. The van der Waals surface area contributed by atoms with Crippen molar-refractivity contribution in [2.24, 2.45) is 0 Å². The van der Waals surface area contributed by atoms with Crippen LogP contribution in [-0.2, 0) is 12.0 Å². The molecule has 0 radical (unpaired) electrons. The summed E-state index contributed by atoms with van der Waals surface area (Å²) in [5.74, 6) is -1.78. The van der Waals surface area contributed by atoms with Crippen molar-refractivity contribution in [3.05, 3.63) is 59.9 Å². The molecule has 4 heteroatoms. The Bertz CT molecular complexity index is 617. The van der Waals surface area contributed by atoms with Gasteiger partial charge in [0.1, 0.15) is 12.4 Å². The van der Waals surface area contributed by atoms with E-state index in [2.05, 4.69) is 4.98 Å². The molecular formula is C18H19F2NO. The molecule has 1 aromatic heterocycles. The Labute approximate surface area is 129 Å². The van der Waals surface area contributed by atoms with Crippen LogP contribution in [0, 0.1) is 0 Å². The van der Waals surface area contributed by atoms with E-state index in [0.29, 0.717) is 6.61 Å². The normalized spacial score (nSPS) is 18.5. The quantitative estimate of drug-likeness (QED) is 0.796. The minimum Gasteiger partial charge on any atom is -0.487 e. The molecule has 2 aromatic rings. The number of ether oxygens (including phenoxy) is 1. The summed E-state index contributed by atoms with van der Waals surface area (Å²) >= 11 is 0. The lowest BCUT2D eigenvalue weighted by Crippen LogP contribution is -2.48. The Hall–Kier alpha value is -1.97. The molecule has 0 spiro atoms. The summed E-state index contributed by atoms with van der Waals surface area (Å²) in [7, 11) is 0. The van der Waals surface area contributed by atoms with Gasteiger partial charge in [0.05, 0.1) is 5.69 Å². The van der Waals surface area contributed by atoms with Crippen LogP contribution in [0.3, 0.4) is 0 Å². The van der Waals surface area contributed by atoms with Crippen molar-refractivity contribution >= 4 is 0 Å². The zero-order valence-electron chi connectivity index (χ0n) is 12.6. The van der Waals surface area contributed by atoms with Gasteiger partial charge in [-0.05, 0) is 36.2 Å². The Morgan fingerprint density at radius 2 is 1.82 bits per heavy atom. The largest absolute Gasteiger partial charge is 0.487 e. The standard InChI is InChI=1S/C18H19F2NO/c1-2-17(12-18(19,20)13-17)14-6-8-16(9-7-14)22-11-15-5-3-4-10-21-15/h3-10H,2,11-13H2,1H3. The highest BCUT2D eigenvalue weighted by Gasteiger charge is 2.55. The maximum Gasteiger partial charge on any atom is 0.249 e. The lowest BCUT2D eigenvalue weighted by Gasteiger charge is -2.47. The lowest BCUT2D eigenvalue weighted by atomic mass is 9.60. The Morgan fingerprint density at radius 3 is 2.36 bits per heavy atom. The molecule has 116 valence electrons. The first kappa shape index (κ1) is 14.9. The maximum absolute atomic E-state index is 13.3. The fraction of sp³-hybridized carbons (Fsp3) is 0.389. The van der Waals surface area contributed by atoms with Crippen molar-refractivity contribution < 1.29 is 13.5 Å². The molecular weight excluding hydrogens is 284 g/mol. The van der Waals surface area contributed by atoms with Crippen LogP contribution < -0.4 is 4.74 Å². The first-order valence-electron chi connectivity index (χ1n) is 7.54. The second kappa shape index (κ2) is 5.67. The molecule has 0 N–H and O–H groups in total. The number of hydrogen-bond acceptors (Lipinski definition) is 2. The molecule has 3 rings (SSSR count). The third kappa shape index (κ3) is 2.96. The van der Waals surface area contributed by atoms with Crippen LogP contribution in [0.2, 0.25) is 0 Å². The first-order valence-corrected chi connectivity index (χ1v) is 7.54. The van der Waals surface area contributed by atoms with Gasteiger partial charge in [0.15, 0.2) is 0 Å². The van der Waals surface area contributed by atoms with Gasteiger partial charge in [0.2, 0.25) is 5.92 Å². The summed E-state index contributed by atoms with van der Waals surface area (Å²) in [5.41, 5.74) is 1.46. The fourth-order valence-corrected chi connectivity index (χ4v) is 3.14. The van der Waals surface area contributed by atoms with Crippen LogP contribution in [0.25, 0.3) is 0 Å². The molecule has 0 atom stereocenters. The summed E-state index contributed by atoms with van der Waals surface area (Å²) < 4.78 is 32.2. The first-order chi connectivity index (χ1) is 10.5. The fourth-order valence-electron chi connectivity index (χ4n) is 3.14.